The van der Waals surface area contributed by atoms with Crippen LogP contribution < -0.4 is 5.32 Å². The van der Waals surface area contributed by atoms with E-state index in [1.165, 1.54) is 18.1 Å². The fraction of sp³-hybridized carbons (Fsp3) is 0.143. The average molecular weight is 334 g/mol. The van der Waals surface area contributed by atoms with Gasteiger partial charge in [-0.1, -0.05) is 35.5 Å². The van der Waals surface area contributed by atoms with Crippen molar-refractivity contribution in [1.82, 2.24) is 25.3 Å². The van der Waals surface area contributed by atoms with Gasteiger partial charge in [-0.05, 0) is 17.7 Å². The molecule has 0 spiro atoms. The molecule has 6 nitrogen and oxygen atoms in total. The van der Waals surface area contributed by atoms with Crippen LogP contribution in [0.15, 0.2) is 41.9 Å². The number of thioether (sulfide) groups is 1. The second kappa shape index (κ2) is 6.76. The fourth-order valence-corrected chi connectivity index (χ4v) is 2.88. The van der Waals surface area contributed by atoms with E-state index >= 15 is 0 Å². The van der Waals surface area contributed by atoms with Gasteiger partial charge >= 0.3 is 0 Å². The highest BCUT2D eigenvalue weighted by atomic mass is 35.5. The number of imidazole rings is 1. The molecule has 0 saturated carbocycles. The number of halogens is 1. The number of amides is 1. The van der Waals surface area contributed by atoms with Gasteiger partial charge in [0.1, 0.15) is 16.9 Å². The summed E-state index contributed by atoms with van der Waals surface area (Å²) < 4.78 is 0. The Morgan fingerprint density at radius 3 is 3.09 bits per heavy atom. The van der Waals surface area contributed by atoms with Crippen LogP contribution in [0.1, 0.15) is 5.56 Å². The van der Waals surface area contributed by atoms with Crippen LogP contribution in [-0.4, -0.2) is 31.6 Å². The van der Waals surface area contributed by atoms with E-state index in [1.807, 2.05) is 18.2 Å². The Kier molecular flexibility index (Phi) is 4.55. The molecule has 0 aliphatic carbocycles. The van der Waals surface area contributed by atoms with Gasteiger partial charge in [0, 0.05) is 11.6 Å². The maximum atomic E-state index is 11.9. The number of carbonyl (C=O) groups is 1. The Balaban J connectivity index is 1.55. The molecule has 0 saturated heterocycles. The lowest BCUT2D eigenvalue weighted by atomic mass is 10.2. The van der Waals surface area contributed by atoms with E-state index in [9.17, 15) is 4.79 Å². The summed E-state index contributed by atoms with van der Waals surface area (Å²) in [5.41, 5.74) is 2.30. The zero-order valence-corrected chi connectivity index (χ0v) is 13.0. The molecule has 2 heterocycles. The minimum Gasteiger partial charge on any atom is -0.351 e. The van der Waals surface area contributed by atoms with Gasteiger partial charge in [-0.15, -0.1) is 0 Å². The Morgan fingerprint density at radius 2 is 2.23 bits per heavy atom. The van der Waals surface area contributed by atoms with E-state index in [1.54, 1.807) is 12.4 Å². The highest BCUT2D eigenvalue weighted by Crippen LogP contribution is 2.21. The number of hydrogen-bond donors (Lipinski definition) is 2. The normalized spacial score (nSPS) is 10.8. The van der Waals surface area contributed by atoms with Gasteiger partial charge in [0.2, 0.25) is 5.91 Å². The van der Waals surface area contributed by atoms with Gasteiger partial charge in [0.15, 0.2) is 5.65 Å². The standard InChI is InChI=1S/C14H12ClN5OS/c15-10-3-1-2-9(4-10)5-16-11(21)6-22-14-12-13(18-7-17-12)19-8-20-14/h1-4,7-8H,5-6H2,(H,16,21)(H,17,18,19,20). The molecular formula is C14H12ClN5OS. The Morgan fingerprint density at radius 1 is 1.32 bits per heavy atom. The summed E-state index contributed by atoms with van der Waals surface area (Å²) in [6.07, 6.45) is 3.00. The van der Waals surface area contributed by atoms with E-state index in [0.717, 1.165) is 11.1 Å². The minimum atomic E-state index is -0.0729. The Hall–Kier alpha value is -2.12. The number of nitrogens with zero attached hydrogens (tertiary/aromatic N) is 3. The predicted molar refractivity (Wildman–Crippen MR) is 85.7 cm³/mol. The fourth-order valence-electron chi connectivity index (χ4n) is 1.88. The second-order valence-electron chi connectivity index (χ2n) is 4.48. The molecule has 0 aliphatic heterocycles. The zero-order valence-electron chi connectivity index (χ0n) is 11.4. The van der Waals surface area contributed by atoms with E-state index in [4.69, 9.17) is 11.6 Å². The third-order valence-corrected chi connectivity index (χ3v) is 4.13. The minimum absolute atomic E-state index is 0.0729. The van der Waals surface area contributed by atoms with Crippen LogP contribution in [0.4, 0.5) is 0 Å². The topological polar surface area (TPSA) is 83.6 Å². The molecule has 0 radical (unpaired) electrons. The molecule has 3 aromatic rings. The molecular weight excluding hydrogens is 322 g/mol. The van der Waals surface area contributed by atoms with Crippen LogP contribution >= 0.6 is 23.4 Å². The maximum Gasteiger partial charge on any atom is 0.230 e. The molecule has 0 atom stereocenters. The monoisotopic (exact) mass is 333 g/mol. The number of carbonyl (C=O) groups excluding carboxylic acids is 1. The smallest absolute Gasteiger partial charge is 0.230 e. The van der Waals surface area contributed by atoms with Crippen molar-refractivity contribution in [3.05, 3.63) is 47.5 Å². The van der Waals surface area contributed by atoms with Crippen molar-refractivity contribution in [3.63, 3.8) is 0 Å². The average Bonchev–Trinajstić information content (AvgIpc) is 3.00. The van der Waals surface area contributed by atoms with Crippen LogP contribution in [0, 0.1) is 0 Å². The highest BCUT2D eigenvalue weighted by Gasteiger charge is 2.09. The van der Waals surface area contributed by atoms with Crippen LogP contribution in [0.25, 0.3) is 11.2 Å². The van der Waals surface area contributed by atoms with Crippen LogP contribution in [0.2, 0.25) is 5.02 Å². The number of hydrogen-bond acceptors (Lipinski definition) is 5. The quantitative estimate of drug-likeness (QED) is 0.553. The summed E-state index contributed by atoms with van der Waals surface area (Å²) in [5, 5.41) is 4.22. The predicted octanol–water partition coefficient (Wildman–Crippen LogP) is 2.41. The summed E-state index contributed by atoms with van der Waals surface area (Å²) >= 11 is 7.25. The van der Waals surface area contributed by atoms with E-state index in [0.29, 0.717) is 22.2 Å². The first kappa shape index (κ1) is 14.8. The molecule has 3 rings (SSSR count). The van der Waals surface area contributed by atoms with Gasteiger partial charge in [-0.2, -0.15) is 0 Å². The molecule has 0 fully saturated rings. The van der Waals surface area contributed by atoms with Crippen molar-refractivity contribution in [1.29, 1.82) is 0 Å². The van der Waals surface area contributed by atoms with Gasteiger partial charge in [0.25, 0.3) is 0 Å². The summed E-state index contributed by atoms with van der Waals surface area (Å²) in [4.78, 5) is 27.1. The third-order valence-electron chi connectivity index (χ3n) is 2.91. The lowest BCUT2D eigenvalue weighted by molar-refractivity contribution is -0.118. The number of fused-ring (bicyclic) bond motifs is 1. The summed E-state index contributed by atoms with van der Waals surface area (Å²) in [6.45, 7) is 0.448. The Bertz CT molecular complexity index is 807. The summed E-state index contributed by atoms with van der Waals surface area (Å²) in [6, 6.07) is 7.40. The first-order valence-electron chi connectivity index (χ1n) is 6.50. The number of benzene rings is 1. The van der Waals surface area contributed by atoms with Crippen LogP contribution in [0.5, 0.6) is 0 Å². The first-order chi connectivity index (χ1) is 10.7. The SMILES string of the molecule is O=C(CSc1ncnc2nc[nH]c12)NCc1cccc(Cl)c1. The van der Waals surface area contributed by atoms with E-state index < -0.39 is 0 Å². The molecule has 2 N–H and O–H groups in total. The molecule has 1 amide bonds. The number of aromatic amines is 1. The van der Waals surface area contributed by atoms with E-state index in [2.05, 4.69) is 25.3 Å². The lowest BCUT2D eigenvalue weighted by Gasteiger charge is -2.05. The number of H-pyrrole nitrogens is 1. The molecule has 1 aromatic carbocycles. The van der Waals surface area contributed by atoms with Crippen LogP contribution in [-0.2, 0) is 11.3 Å². The Labute approximate surface area is 135 Å². The molecule has 0 bridgehead atoms. The largest absolute Gasteiger partial charge is 0.351 e. The van der Waals surface area contributed by atoms with Crippen molar-refractivity contribution in [3.8, 4) is 0 Å². The first-order valence-corrected chi connectivity index (χ1v) is 7.87. The molecule has 0 unspecified atom stereocenters. The number of nitrogens with one attached hydrogen (secondary N) is 2. The van der Waals surface area contributed by atoms with E-state index in [-0.39, 0.29) is 11.7 Å². The van der Waals surface area contributed by atoms with Gasteiger partial charge < -0.3 is 10.3 Å². The highest BCUT2D eigenvalue weighted by molar-refractivity contribution is 8.00. The van der Waals surface area contributed by atoms with Crippen molar-refractivity contribution >= 4 is 40.4 Å². The van der Waals surface area contributed by atoms with Gasteiger partial charge in [-0.3, -0.25) is 4.79 Å². The van der Waals surface area contributed by atoms with Crippen molar-refractivity contribution in [2.45, 2.75) is 11.6 Å². The summed E-state index contributed by atoms with van der Waals surface area (Å²) in [7, 11) is 0. The number of aromatic nitrogens is 4. The summed E-state index contributed by atoms with van der Waals surface area (Å²) in [5.74, 6) is 0.197. The second-order valence-corrected chi connectivity index (χ2v) is 5.88. The zero-order chi connectivity index (χ0) is 15.4. The van der Waals surface area contributed by atoms with Crippen LogP contribution in [0.3, 0.4) is 0 Å². The molecule has 8 heteroatoms. The van der Waals surface area contributed by atoms with Crippen molar-refractivity contribution in [2.24, 2.45) is 0 Å². The molecule has 112 valence electrons. The van der Waals surface area contributed by atoms with Gasteiger partial charge in [-0.25, -0.2) is 15.0 Å². The molecule has 22 heavy (non-hydrogen) atoms. The van der Waals surface area contributed by atoms with Crippen molar-refractivity contribution in [2.75, 3.05) is 5.75 Å². The molecule has 2 aromatic heterocycles. The lowest BCUT2D eigenvalue weighted by Crippen LogP contribution is -2.24. The van der Waals surface area contributed by atoms with Gasteiger partial charge in [0.05, 0.1) is 12.1 Å². The molecule has 0 aliphatic rings. The third kappa shape index (κ3) is 3.55. The van der Waals surface area contributed by atoms with Crippen molar-refractivity contribution < 1.29 is 4.79 Å². The number of rotatable bonds is 5. The maximum absolute atomic E-state index is 11.9.